The first-order valence-electron chi connectivity index (χ1n) is 11.5. The number of amides is 1. The van der Waals surface area contributed by atoms with Gasteiger partial charge < -0.3 is 20.1 Å². The van der Waals surface area contributed by atoms with E-state index in [1.54, 1.807) is 20.8 Å². The van der Waals surface area contributed by atoms with Crippen LogP contribution in [0.25, 0.3) is 0 Å². The fraction of sp³-hybridized carbons (Fsp3) is 0.542. The summed E-state index contributed by atoms with van der Waals surface area (Å²) in [5.41, 5.74) is -1.18. The van der Waals surface area contributed by atoms with Gasteiger partial charge in [-0.15, -0.1) is 0 Å². The molecule has 1 saturated heterocycles. The molecule has 1 aromatic carbocycles. The lowest BCUT2D eigenvalue weighted by atomic mass is 9.75. The lowest BCUT2D eigenvalue weighted by Gasteiger charge is -2.45. The fourth-order valence-corrected chi connectivity index (χ4v) is 4.72. The Kier molecular flexibility index (Phi) is 7.20. The van der Waals surface area contributed by atoms with E-state index in [0.717, 1.165) is 6.07 Å². The summed E-state index contributed by atoms with van der Waals surface area (Å²) < 4.78 is 79.1. The Morgan fingerprint density at radius 2 is 1.81 bits per heavy atom. The van der Waals surface area contributed by atoms with Crippen LogP contribution in [-0.4, -0.2) is 40.6 Å². The Hall–Kier alpha value is -2.86. The quantitative estimate of drug-likeness (QED) is 0.486. The van der Waals surface area contributed by atoms with Gasteiger partial charge in [0.25, 0.3) is 12.3 Å². The van der Waals surface area contributed by atoms with Crippen molar-refractivity contribution in [1.29, 1.82) is 0 Å². The monoisotopic (exact) mass is 514 g/mol. The van der Waals surface area contributed by atoms with Gasteiger partial charge in [-0.3, -0.25) is 4.79 Å². The molecule has 1 aliphatic heterocycles. The number of halogens is 5. The number of benzene rings is 1. The third-order valence-electron chi connectivity index (χ3n) is 6.17. The zero-order chi connectivity index (χ0) is 26.3. The Morgan fingerprint density at radius 1 is 1.17 bits per heavy atom. The van der Waals surface area contributed by atoms with Crippen molar-refractivity contribution < 1.29 is 36.2 Å². The van der Waals surface area contributed by atoms with Gasteiger partial charge in [0.1, 0.15) is 17.5 Å². The molecule has 2 heterocycles. The number of rotatable bonds is 8. The van der Waals surface area contributed by atoms with E-state index in [0.29, 0.717) is 5.56 Å². The Labute approximate surface area is 204 Å². The molecule has 2 aliphatic rings. The smallest absolute Gasteiger partial charge is 0.266 e. The van der Waals surface area contributed by atoms with Crippen LogP contribution in [0.15, 0.2) is 18.2 Å². The maximum Gasteiger partial charge on any atom is 0.266 e. The van der Waals surface area contributed by atoms with Gasteiger partial charge in [-0.05, 0) is 20.8 Å². The second-order valence-corrected chi connectivity index (χ2v) is 9.47. The normalized spacial score (nSPS) is 19.7. The predicted molar refractivity (Wildman–Crippen MR) is 119 cm³/mol. The molecule has 4 rings (SSSR count). The van der Waals surface area contributed by atoms with E-state index in [1.165, 1.54) is 12.1 Å². The molecule has 1 saturated carbocycles. The first-order valence-corrected chi connectivity index (χ1v) is 11.5. The number of nitrogens with zero attached hydrogens (tertiary/aromatic N) is 2. The molecular weight excluding hydrogens is 487 g/mol. The molecule has 1 atom stereocenters. The largest absolute Gasteiger partial charge is 0.363 e. The number of hydrogen-bond acceptors (Lipinski definition) is 6. The minimum Gasteiger partial charge on any atom is -0.363 e. The third-order valence-corrected chi connectivity index (χ3v) is 6.17. The number of aryl methyl sites for hydroxylation is 1. The molecule has 196 valence electrons. The van der Waals surface area contributed by atoms with Crippen LogP contribution in [0.1, 0.15) is 73.7 Å². The highest BCUT2D eigenvalue weighted by molar-refractivity contribution is 5.80. The van der Waals surface area contributed by atoms with Gasteiger partial charge in [-0.1, -0.05) is 18.2 Å². The van der Waals surface area contributed by atoms with Crippen LogP contribution < -0.4 is 10.6 Å². The number of aromatic nitrogens is 2. The van der Waals surface area contributed by atoms with Gasteiger partial charge in [-0.25, -0.2) is 31.9 Å². The molecule has 1 aromatic heterocycles. The Bertz CT molecular complexity index is 1130. The van der Waals surface area contributed by atoms with Crippen LogP contribution in [0.3, 0.4) is 0 Å². The molecule has 12 heteroatoms. The number of carbonyl (C=O) groups excluding carboxylic acids is 1. The zero-order valence-electron chi connectivity index (χ0n) is 20.0. The van der Waals surface area contributed by atoms with E-state index in [2.05, 4.69) is 20.6 Å². The highest BCUT2D eigenvalue weighted by atomic mass is 19.3. The van der Waals surface area contributed by atoms with E-state index < -0.39 is 60.3 Å². The average Bonchev–Trinajstić information content (AvgIpc) is 3.25. The van der Waals surface area contributed by atoms with Gasteiger partial charge in [0, 0.05) is 23.9 Å². The van der Waals surface area contributed by atoms with Crippen LogP contribution in [0.4, 0.5) is 27.8 Å². The van der Waals surface area contributed by atoms with E-state index in [-0.39, 0.29) is 42.5 Å². The summed E-state index contributed by atoms with van der Waals surface area (Å²) >= 11 is 0. The molecule has 7 nitrogen and oxygen atoms in total. The summed E-state index contributed by atoms with van der Waals surface area (Å²) in [5.74, 6) is -3.89. The third kappa shape index (κ3) is 5.59. The molecule has 1 amide bonds. The summed E-state index contributed by atoms with van der Waals surface area (Å²) in [7, 11) is 0. The molecule has 2 fully saturated rings. The van der Waals surface area contributed by atoms with Crippen LogP contribution in [0, 0.1) is 12.7 Å². The predicted octanol–water partition coefficient (Wildman–Crippen LogP) is 4.93. The SMILES string of the molecule is Cc1nc(CC(=O)NC2(C)CC(F)(F)C2)c(C2OCCO2)c(N[C@H](C)c2cccc(C(F)F)c2F)n1. The summed E-state index contributed by atoms with van der Waals surface area (Å²) in [6.45, 7) is 5.27. The molecule has 0 radical (unpaired) electrons. The molecule has 0 bridgehead atoms. The molecule has 2 N–H and O–H groups in total. The lowest BCUT2D eigenvalue weighted by molar-refractivity contribution is -0.143. The minimum absolute atomic E-state index is 0.00130. The van der Waals surface area contributed by atoms with Gasteiger partial charge in [0.05, 0.1) is 42.5 Å². The van der Waals surface area contributed by atoms with Gasteiger partial charge >= 0.3 is 0 Å². The first kappa shape index (κ1) is 26.2. The van der Waals surface area contributed by atoms with Crippen molar-refractivity contribution in [2.45, 2.75) is 70.3 Å². The average molecular weight is 514 g/mol. The van der Waals surface area contributed by atoms with Crippen molar-refractivity contribution >= 4 is 11.7 Å². The number of hydrogen-bond donors (Lipinski definition) is 2. The minimum atomic E-state index is -2.98. The lowest BCUT2D eigenvalue weighted by Crippen LogP contribution is -2.60. The first-order chi connectivity index (χ1) is 16.9. The molecule has 0 spiro atoms. The fourth-order valence-electron chi connectivity index (χ4n) is 4.72. The Balaban J connectivity index is 1.62. The van der Waals surface area contributed by atoms with Crippen LogP contribution in [-0.2, 0) is 20.7 Å². The molecule has 36 heavy (non-hydrogen) atoms. The maximum atomic E-state index is 14.8. The number of nitrogens with one attached hydrogen (secondary N) is 2. The highest BCUT2D eigenvalue weighted by Crippen LogP contribution is 2.45. The molecular formula is C24H27F5N4O3. The zero-order valence-corrected chi connectivity index (χ0v) is 20.0. The van der Waals surface area contributed by atoms with E-state index >= 15 is 0 Å². The van der Waals surface area contributed by atoms with E-state index in [9.17, 15) is 26.7 Å². The maximum absolute atomic E-state index is 14.8. The second kappa shape index (κ2) is 9.89. The van der Waals surface area contributed by atoms with Gasteiger partial charge in [0.2, 0.25) is 5.91 Å². The topological polar surface area (TPSA) is 85.4 Å². The van der Waals surface area contributed by atoms with Gasteiger partial charge in [0.15, 0.2) is 6.29 Å². The van der Waals surface area contributed by atoms with Crippen LogP contribution in [0.5, 0.6) is 0 Å². The van der Waals surface area contributed by atoms with Crippen molar-refractivity contribution in [2.75, 3.05) is 18.5 Å². The number of carbonyl (C=O) groups is 1. The van der Waals surface area contributed by atoms with Gasteiger partial charge in [-0.2, -0.15) is 0 Å². The van der Waals surface area contributed by atoms with Crippen molar-refractivity contribution in [3.8, 4) is 0 Å². The summed E-state index contributed by atoms with van der Waals surface area (Å²) in [6, 6.07) is 2.95. The number of ether oxygens (including phenoxy) is 2. The van der Waals surface area contributed by atoms with Crippen LogP contribution >= 0.6 is 0 Å². The van der Waals surface area contributed by atoms with Crippen molar-refractivity contribution in [2.24, 2.45) is 0 Å². The molecule has 0 unspecified atom stereocenters. The molecule has 1 aliphatic carbocycles. The van der Waals surface area contributed by atoms with E-state index in [4.69, 9.17) is 9.47 Å². The Morgan fingerprint density at radius 3 is 2.42 bits per heavy atom. The highest BCUT2D eigenvalue weighted by Gasteiger charge is 2.54. The summed E-state index contributed by atoms with van der Waals surface area (Å²) in [4.78, 5) is 21.5. The standard InChI is InChI=1S/C24H27F5N4O3/c1-12(14-5-4-6-15(19(14)25)20(26)27)30-21-18(22-35-7-8-36-22)16(31-13(2)32-21)9-17(34)33-23(3)10-24(28,29)11-23/h4-6,12,20,22H,7-11H2,1-3H3,(H,33,34)(H,30,31,32)/t12-/m1/s1. The van der Waals surface area contributed by atoms with Crippen LogP contribution in [0.2, 0.25) is 0 Å². The summed E-state index contributed by atoms with van der Waals surface area (Å²) in [6.07, 6.45) is -5.07. The number of alkyl halides is 4. The number of anilines is 1. The summed E-state index contributed by atoms with van der Waals surface area (Å²) in [5, 5.41) is 5.66. The van der Waals surface area contributed by atoms with E-state index in [1.807, 2.05) is 0 Å². The van der Waals surface area contributed by atoms with Crippen molar-refractivity contribution in [1.82, 2.24) is 15.3 Å². The van der Waals surface area contributed by atoms with Crippen molar-refractivity contribution in [3.63, 3.8) is 0 Å². The molecule has 2 aromatic rings. The van der Waals surface area contributed by atoms with Crippen molar-refractivity contribution in [3.05, 3.63) is 52.2 Å². The second-order valence-electron chi connectivity index (χ2n) is 9.47.